The number of nitrogens with zero attached hydrogens (tertiary/aromatic N) is 7. The summed E-state index contributed by atoms with van der Waals surface area (Å²) in [5.74, 6) is 1.41. The van der Waals surface area contributed by atoms with Gasteiger partial charge in [-0.25, -0.2) is 14.6 Å². The van der Waals surface area contributed by atoms with Gasteiger partial charge in [0.1, 0.15) is 11.6 Å². The van der Waals surface area contributed by atoms with Gasteiger partial charge in [0.15, 0.2) is 6.61 Å². The van der Waals surface area contributed by atoms with E-state index in [4.69, 9.17) is 9.47 Å². The van der Waals surface area contributed by atoms with Gasteiger partial charge in [-0.05, 0) is 50.5 Å². The van der Waals surface area contributed by atoms with E-state index < -0.39 is 0 Å². The van der Waals surface area contributed by atoms with Gasteiger partial charge >= 0.3 is 11.7 Å². The molecule has 5 aromatic rings. The SMILES string of the molecule is CC.Cc1ccc(OCC(=O)OCCc2cnn(C)c2)c(C)c1.Cc1cnn(C)c1.Cc1nccn1C.Cn1cc[nH]c1=O. The second-order valence-corrected chi connectivity index (χ2v) is 9.70. The number of H-pyrrole nitrogens is 1. The molecule has 0 aliphatic rings. The molecule has 0 radical (unpaired) electrons. The molecule has 5 rings (SSSR count). The maximum absolute atomic E-state index is 11.6. The fourth-order valence-corrected chi connectivity index (χ4v) is 3.40. The second kappa shape index (κ2) is 20.1. The number of hydrogen-bond acceptors (Lipinski definition) is 7. The molecule has 44 heavy (non-hydrogen) atoms. The van der Waals surface area contributed by atoms with E-state index in [0.717, 1.165) is 17.0 Å². The molecule has 0 saturated heterocycles. The number of aryl methyl sites for hydroxylation is 8. The first-order valence-corrected chi connectivity index (χ1v) is 14.4. The summed E-state index contributed by atoms with van der Waals surface area (Å²) in [7, 11) is 7.43. The lowest BCUT2D eigenvalue weighted by atomic mass is 10.1. The van der Waals surface area contributed by atoms with Crippen molar-refractivity contribution in [1.29, 1.82) is 0 Å². The van der Waals surface area contributed by atoms with Crippen LogP contribution in [0.25, 0.3) is 0 Å². The van der Waals surface area contributed by atoms with E-state index in [-0.39, 0.29) is 18.3 Å². The van der Waals surface area contributed by atoms with Crippen molar-refractivity contribution < 1.29 is 14.3 Å². The first-order chi connectivity index (χ1) is 20.9. The van der Waals surface area contributed by atoms with Crippen LogP contribution in [0, 0.1) is 27.7 Å². The van der Waals surface area contributed by atoms with Gasteiger partial charge in [-0.15, -0.1) is 0 Å². The van der Waals surface area contributed by atoms with Crippen LogP contribution in [-0.4, -0.2) is 57.8 Å². The number of ether oxygens (including phenoxy) is 2. The molecule has 4 heterocycles. The van der Waals surface area contributed by atoms with Gasteiger partial charge < -0.3 is 23.6 Å². The van der Waals surface area contributed by atoms with E-state index in [1.165, 1.54) is 15.7 Å². The number of aromatic amines is 1. The van der Waals surface area contributed by atoms with Crippen LogP contribution in [0.1, 0.15) is 41.9 Å². The number of esters is 1. The zero-order valence-corrected chi connectivity index (χ0v) is 27.7. The quantitative estimate of drug-likeness (QED) is 0.283. The third-order valence-corrected chi connectivity index (χ3v) is 5.81. The van der Waals surface area contributed by atoms with Crippen LogP contribution in [-0.2, 0) is 44.1 Å². The minimum Gasteiger partial charge on any atom is -0.482 e. The average Bonchev–Trinajstić information content (AvgIpc) is 3.78. The summed E-state index contributed by atoms with van der Waals surface area (Å²) in [6.07, 6.45) is 15.1. The summed E-state index contributed by atoms with van der Waals surface area (Å²) in [5, 5.41) is 7.99. The molecular formula is C32H48N8O4. The van der Waals surface area contributed by atoms with E-state index in [2.05, 4.69) is 20.2 Å². The summed E-state index contributed by atoms with van der Waals surface area (Å²) in [5.41, 5.74) is 4.36. The number of benzene rings is 1. The highest BCUT2D eigenvalue weighted by Crippen LogP contribution is 2.18. The summed E-state index contributed by atoms with van der Waals surface area (Å²) in [6.45, 7) is 12.2. The van der Waals surface area contributed by atoms with Gasteiger partial charge in [0, 0.05) is 71.8 Å². The molecule has 0 amide bonds. The predicted octanol–water partition coefficient (Wildman–Crippen LogP) is 4.40. The summed E-state index contributed by atoms with van der Waals surface area (Å²) < 4.78 is 17.6. The highest BCUT2D eigenvalue weighted by molar-refractivity contribution is 5.71. The monoisotopic (exact) mass is 608 g/mol. The molecule has 1 N–H and O–H groups in total. The summed E-state index contributed by atoms with van der Waals surface area (Å²) >= 11 is 0. The molecule has 0 aliphatic heterocycles. The molecule has 0 bridgehead atoms. The highest BCUT2D eigenvalue weighted by atomic mass is 16.6. The lowest BCUT2D eigenvalue weighted by Gasteiger charge is -2.09. The number of aromatic nitrogens is 8. The molecule has 4 aromatic heterocycles. The van der Waals surface area contributed by atoms with Gasteiger partial charge in [-0.1, -0.05) is 31.5 Å². The minimum absolute atomic E-state index is 0.0694. The molecule has 12 heteroatoms. The Morgan fingerprint density at radius 1 is 0.886 bits per heavy atom. The van der Waals surface area contributed by atoms with Crippen molar-refractivity contribution in [2.75, 3.05) is 13.2 Å². The van der Waals surface area contributed by atoms with Crippen LogP contribution in [0.4, 0.5) is 0 Å². The zero-order valence-electron chi connectivity index (χ0n) is 27.7. The van der Waals surface area contributed by atoms with Crippen molar-refractivity contribution >= 4 is 5.97 Å². The largest absolute Gasteiger partial charge is 0.482 e. The normalized spacial score (nSPS) is 9.59. The molecule has 0 atom stereocenters. The van der Waals surface area contributed by atoms with Crippen LogP contribution in [0.2, 0.25) is 0 Å². The van der Waals surface area contributed by atoms with E-state index in [9.17, 15) is 9.59 Å². The molecule has 0 saturated carbocycles. The van der Waals surface area contributed by atoms with Crippen molar-refractivity contribution in [1.82, 2.24) is 38.7 Å². The Hall–Kier alpha value is -4.87. The third-order valence-electron chi connectivity index (χ3n) is 5.81. The van der Waals surface area contributed by atoms with Crippen LogP contribution < -0.4 is 10.4 Å². The maximum Gasteiger partial charge on any atom is 0.344 e. The van der Waals surface area contributed by atoms with Gasteiger partial charge in [-0.3, -0.25) is 9.36 Å². The number of carbonyl (C=O) groups is 1. The molecule has 0 fully saturated rings. The lowest BCUT2D eigenvalue weighted by Crippen LogP contribution is -2.16. The lowest BCUT2D eigenvalue weighted by molar-refractivity contribution is -0.145. The van der Waals surface area contributed by atoms with Gasteiger partial charge in [0.2, 0.25) is 0 Å². The predicted molar refractivity (Wildman–Crippen MR) is 173 cm³/mol. The van der Waals surface area contributed by atoms with E-state index >= 15 is 0 Å². The molecule has 0 unspecified atom stereocenters. The number of hydrogen-bond donors (Lipinski definition) is 1. The van der Waals surface area contributed by atoms with Crippen molar-refractivity contribution in [2.24, 2.45) is 28.2 Å². The molecule has 240 valence electrons. The highest BCUT2D eigenvalue weighted by Gasteiger charge is 2.07. The first kappa shape index (κ1) is 37.2. The summed E-state index contributed by atoms with van der Waals surface area (Å²) in [6, 6.07) is 5.84. The van der Waals surface area contributed by atoms with E-state index in [1.54, 1.807) is 41.2 Å². The minimum atomic E-state index is -0.362. The fourth-order valence-electron chi connectivity index (χ4n) is 3.40. The van der Waals surface area contributed by atoms with Crippen molar-refractivity contribution in [3.8, 4) is 5.75 Å². The van der Waals surface area contributed by atoms with Gasteiger partial charge in [0.25, 0.3) is 0 Å². The third kappa shape index (κ3) is 14.9. The second-order valence-electron chi connectivity index (χ2n) is 9.70. The van der Waals surface area contributed by atoms with Crippen LogP contribution in [0.15, 0.2) is 72.6 Å². The Balaban J connectivity index is 0.000000341. The van der Waals surface area contributed by atoms with Crippen LogP contribution in [0.5, 0.6) is 5.75 Å². The standard InChI is InChI=1S/C16H20N2O3.2C5H8N2.C4H6N2O.C2H6/c1-12-4-5-15(13(2)8-12)21-11-16(19)20-7-6-14-9-17-18(3)10-14;1-5-3-6-7(2)4-5;1-5-6-3-4-7(5)2;1-6-3-2-5-4(6)7;1-2/h4-5,8-10H,6-7,11H2,1-3H3;2*3-4H,1-2H3;2-3H,1H3,(H,5,7);1-2H3. The average molecular weight is 609 g/mol. The van der Waals surface area contributed by atoms with Gasteiger partial charge in [0.05, 0.1) is 19.0 Å². The number of rotatable bonds is 6. The smallest absolute Gasteiger partial charge is 0.344 e. The number of imidazole rings is 2. The first-order valence-electron chi connectivity index (χ1n) is 14.4. The van der Waals surface area contributed by atoms with E-state index in [0.29, 0.717) is 18.8 Å². The van der Waals surface area contributed by atoms with Crippen molar-refractivity contribution in [2.45, 2.75) is 48.0 Å². The Kier molecular flexibility index (Phi) is 17.0. The van der Waals surface area contributed by atoms with Crippen LogP contribution >= 0.6 is 0 Å². The number of carbonyl (C=O) groups excluding carboxylic acids is 1. The Bertz CT molecular complexity index is 1520. The molecule has 0 spiro atoms. The topological polar surface area (TPSA) is 127 Å². The van der Waals surface area contributed by atoms with Crippen molar-refractivity contribution in [3.05, 3.63) is 106 Å². The molecule has 12 nitrogen and oxygen atoms in total. The summed E-state index contributed by atoms with van der Waals surface area (Å²) in [4.78, 5) is 28.4. The fraction of sp³-hybridized carbons (Fsp3) is 0.406. The van der Waals surface area contributed by atoms with Crippen molar-refractivity contribution in [3.63, 3.8) is 0 Å². The van der Waals surface area contributed by atoms with Gasteiger partial charge in [-0.2, -0.15) is 10.2 Å². The number of nitrogens with one attached hydrogen (secondary N) is 1. The molecular weight excluding hydrogens is 560 g/mol. The molecule has 0 aliphatic carbocycles. The Morgan fingerprint density at radius 2 is 1.57 bits per heavy atom. The zero-order chi connectivity index (χ0) is 33.1. The molecule has 1 aromatic carbocycles. The Labute approximate surface area is 260 Å². The Morgan fingerprint density at radius 3 is 1.95 bits per heavy atom. The maximum atomic E-state index is 11.6. The van der Waals surface area contributed by atoms with Crippen LogP contribution in [0.3, 0.4) is 0 Å². The van der Waals surface area contributed by atoms with E-state index in [1.807, 2.05) is 110 Å².